The Kier molecular flexibility index (Phi) is 5.12. The van der Waals surface area contributed by atoms with E-state index in [0.717, 1.165) is 38.6 Å². The molecule has 5 heterocycles. The molecule has 0 amide bonds. The van der Waals surface area contributed by atoms with Crippen molar-refractivity contribution in [2.24, 2.45) is 0 Å². The van der Waals surface area contributed by atoms with Crippen molar-refractivity contribution in [3.8, 4) is 45.6 Å². The van der Waals surface area contributed by atoms with E-state index in [0.29, 0.717) is 45.9 Å². The van der Waals surface area contributed by atoms with Crippen LogP contribution in [0, 0.1) is 0 Å². The summed E-state index contributed by atoms with van der Waals surface area (Å²) in [6, 6.07) is 25.9. The van der Waals surface area contributed by atoms with Gasteiger partial charge in [0.2, 0.25) is 0 Å². The van der Waals surface area contributed by atoms with Crippen LogP contribution in [0.15, 0.2) is 84.9 Å². The second-order valence-electron chi connectivity index (χ2n) is 9.35. The van der Waals surface area contributed by atoms with E-state index >= 15 is 0 Å². The van der Waals surface area contributed by atoms with E-state index in [-0.39, 0.29) is 0 Å². The van der Waals surface area contributed by atoms with E-state index < -0.39 is 0 Å². The summed E-state index contributed by atoms with van der Waals surface area (Å²) in [5.41, 5.74) is 7.08. The summed E-state index contributed by atoms with van der Waals surface area (Å²) in [5, 5.41) is 1.89. The van der Waals surface area contributed by atoms with Gasteiger partial charge in [0.15, 0.2) is 0 Å². The molecule has 0 fully saturated rings. The molecule has 0 aliphatic carbocycles. The van der Waals surface area contributed by atoms with Crippen LogP contribution in [0.1, 0.15) is 5.56 Å². The summed E-state index contributed by atoms with van der Waals surface area (Å²) in [5.74, 6) is 2.31. The molecule has 8 bridgehead atoms. The van der Waals surface area contributed by atoms with Crippen molar-refractivity contribution in [1.29, 1.82) is 0 Å². The van der Waals surface area contributed by atoms with Gasteiger partial charge in [-0.05, 0) is 0 Å². The fourth-order valence-corrected chi connectivity index (χ4v) is 5.24. The number of aromatic nitrogens is 8. The first kappa shape index (κ1) is 22.8. The molecule has 3 aromatic heterocycles. The zero-order valence-corrected chi connectivity index (χ0v) is 21.8. The van der Waals surface area contributed by atoms with E-state index in [1.807, 2.05) is 91.0 Å². The molecule has 6 aromatic rings. The Morgan fingerprint density at radius 1 is 0.525 bits per heavy atom. The molecule has 2 aliphatic heterocycles. The second kappa shape index (κ2) is 8.97. The van der Waals surface area contributed by atoms with Crippen molar-refractivity contribution in [3.63, 3.8) is 0 Å². The number of aromatic amines is 2. The minimum absolute atomic E-state index is 0.568. The van der Waals surface area contributed by atoms with Crippen molar-refractivity contribution in [2.75, 3.05) is 0 Å². The number of nitrogens with zero attached hydrogens (tertiary/aromatic N) is 6. The number of hydrogen-bond acceptors (Lipinski definition) is 6. The van der Waals surface area contributed by atoms with Gasteiger partial charge in [-0.3, -0.25) is 0 Å². The van der Waals surface area contributed by atoms with Crippen LogP contribution in [0.3, 0.4) is 0 Å². The number of allylic oxidation sites excluding steroid dienone is 1. The van der Waals surface area contributed by atoms with Gasteiger partial charge in [0.1, 0.15) is 0 Å². The third kappa shape index (κ3) is 3.63. The van der Waals surface area contributed by atoms with Gasteiger partial charge in [-0.2, -0.15) is 0 Å². The van der Waals surface area contributed by atoms with E-state index in [9.17, 15) is 0 Å². The van der Waals surface area contributed by atoms with Gasteiger partial charge in [-0.15, -0.1) is 0 Å². The molecule has 0 unspecified atom stereocenters. The monoisotopic (exact) mass is 561 g/mol. The maximum atomic E-state index is 5.00. The van der Waals surface area contributed by atoms with Gasteiger partial charge < -0.3 is 0 Å². The normalized spacial score (nSPS) is 12.0. The van der Waals surface area contributed by atoms with Crippen molar-refractivity contribution >= 4 is 44.4 Å². The number of hydrogen-bond donors (Lipinski definition) is 2. The summed E-state index contributed by atoms with van der Waals surface area (Å²) in [7, 11) is 0. The number of benzene rings is 3. The van der Waals surface area contributed by atoms with Gasteiger partial charge >= 0.3 is 206 Å². The van der Waals surface area contributed by atoms with Gasteiger partial charge in [-0.25, -0.2) is 0 Å². The van der Waals surface area contributed by atoms with Crippen LogP contribution in [-0.4, -0.2) is 44.8 Å². The zero-order chi connectivity index (χ0) is 26.6. The van der Waals surface area contributed by atoms with Crippen molar-refractivity contribution in [1.82, 2.24) is 39.9 Å². The SMILES string of the molecule is [Co]=[CH]/C=C\c1cc2nc3nc(nc4[nH]c(nc5nc(nc1[nH]2)-c1ccccc1-5)c1ccccc41)-c1ccccc1-3. The number of H-pyrrole nitrogens is 2. The predicted molar refractivity (Wildman–Crippen MR) is 154 cm³/mol. The zero-order valence-electron chi connectivity index (χ0n) is 20.8. The number of fused-ring (bicyclic) bond motifs is 17. The molecule has 2 N–H and O–H groups in total. The molecule has 8 rings (SSSR count). The van der Waals surface area contributed by atoms with Crippen molar-refractivity contribution < 1.29 is 15.3 Å². The molecule has 0 radical (unpaired) electrons. The van der Waals surface area contributed by atoms with Crippen LogP contribution in [0.25, 0.3) is 85.0 Å². The summed E-state index contributed by atoms with van der Waals surface area (Å²) in [6.45, 7) is 0. The van der Waals surface area contributed by atoms with Crippen LogP contribution in [-0.2, 0) is 15.3 Å². The third-order valence-corrected chi connectivity index (χ3v) is 7.15. The molecule has 191 valence electrons. The van der Waals surface area contributed by atoms with Crippen LogP contribution >= 0.6 is 0 Å². The van der Waals surface area contributed by atoms with Gasteiger partial charge in [0.25, 0.3) is 0 Å². The van der Waals surface area contributed by atoms with E-state index in [1.54, 1.807) is 4.96 Å². The molecular formula is C31H18CoN8. The number of rotatable bonds is 2. The van der Waals surface area contributed by atoms with E-state index in [4.69, 9.17) is 29.9 Å². The van der Waals surface area contributed by atoms with Crippen LogP contribution < -0.4 is 0 Å². The fourth-order valence-electron chi connectivity index (χ4n) is 5.14. The quantitative estimate of drug-likeness (QED) is 0.265. The van der Waals surface area contributed by atoms with Gasteiger partial charge in [0.05, 0.1) is 0 Å². The Morgan fingerprint density at radius 2 is 1.00 bits per heavy atom. The second-order valence-corrected chi connectivity index (χ2v) is 9.70. The first-order valence-electron chi connectivity index (χ1n) is 12.6. The number of nitrogens with one attached hydrogen (secondary N) is 2. The minimum atomic E-state index is 0.568. The molecule has 2 aliphatic rings. The first-order valence-corrected chi connectivity index (χ1v) is 13.2. The summed E-state index contributed by atoms with van der Waals surface area (Å²) in [6.07, 6.45) is 3.76. The van der Waals surface area contributed by atoms with Crippen LogP contribution in [0.2, 0.25) is 0 Å². The Balaban J connectivity index is 1.56. The van der Waals surface area contributed by atoms with Gasteiger partial charge in [-0.1, -0.05) is 24.3 Å². The topological polar surface area (TPSA) is 109 Å². The Labute approximate surface area is 235 Å². The summed E-state index contributed by atoms with van der Waals surface area (Å²) >= 11 is 4.27. The summed E-state index contributed by atoms with van der Waals surface area (Å²) < 4.78 is 0. The maximum absolute atomic E-state index is 5.00. The van der Waals surface area contributed by atoms with Crippen molar-refractivity contribution in [3.05, 3.63) is 90.5 Å². The molecule has 8 nitrogen and oxygen atoms in total. The van der Waals surface area contributed by atoms with E-state index in [1.165, 1.54) is 0 Å². The molecule has 0 saturated carbocycles. The third-order valence-electron chi connectivity index (χ3n) is 6.95. The molecule has 3 aromatic carbocycles. The average Bonchev–Trinajstić information content (AvgIpc) is 3.72. The molecular weight excluding hydrogens is 543 g/mol. The predicted octanol–water partition coefficient (Wildman–Crippen LogP) is 6.08. The van der Waals surface area contributed by atoms with Crippen LogP contribution in [0.5, 0.6) is 0 Å². The molecule has 9 heteroatoms. The van der Waals surface area contributed by atoms with Crippen molar-refractivity contribution in [2.45, 2.75) is 0 Å². The Bertz CT molecular complexity index is 2210. The van der Waals surface area contributed by atoms with E-state index in [2.05, 4.69) is 25.3 Å². The average molecular weight is 561 g/mol. The molecule has 0 spiro atoms. The fraction of sp³-hybridized carbons (Fsp3) is 0. The Morgan fingerprint density at radius 3 is 1.52 bits per heavy atom. The molecule has 0 saturated heterocycles. The van der Waals surface area contributed by atoms with Gasteiger partial charge in [0, 0.05) is 5.39 Å². The van der Waals surface area contributed by atoms with Crippen LogP contribution in [0.4, 0.5) is 0 Å². The standard InChI is InChI=1S/C31H18N8.Co/c1-2-9-17-16-24-32-25(17)34-27-20-12-5-6-13-21(20)29(36-27)38-31-23-15-8-7-14-22(23)30(39-31)37-28-19-11-4-3-10-18(19)26(33-24)35-28;/h1-16H,(H2,32,33,34,35,36,37,38,39);/b9-2-;. The molecule has 0 atom stereocenters. The molecule has 40 heavy (non-hydrogen) atoms. The summed E-state index contributed by atoms with van der Waals surface area (Å²) in [4.78, 5) is 38.0. The first-order chi connectivity index (χ1) is 19.7. The Hall–Kier alpha value is -5.12.